The van der Waals surface area contributed by atoms with Gasteiger partial charge in [0.25, 0.3) is 0 Å². The van der Waals surface area contributed by atoms with E-state index < -0.39 is 0 Å². The number of ether oxygens (including phenoxy) is 1. The normalized spacial score (nSPS) is 10.5. The van der Waals surface area contributed by atoms with Crippen LogP contribution in [-0.2, 0) is 11.2 Å². The van der Waals surface area contributed by atoms with E-state index in [9.17, 15) is 9.18 Å². The van der Waals surface area contributed by atoms with Crippen LogP contribution in [0.25, 0.3) is 11.4 Å². The molecule has 2 aromatic carbocycles. The molecule has 7 heteroatoms. The van der Waals surface area contributed by atoms with Crippen molar-refractivity contribution >= 4 is 11.6 Å². The monoisotopic (exact) mass is 341 g/mol. The van der Waals surface area contributed by atoms with Crippen molar-refractivity contribution in [2.45, 2.75) is 12.8 Å². The fraction of sp³-hybridized carbons (Fsp3) is 0.167. The predicted molar refractivity (Wildman–Crippen MR) is 89.6 cm³/mol. The van der Waals surface area contributed by atoms with Gasteiger partial charge in [0.2, 0.25) is 17.6 Å². The summed E-state index contributed by atoms with van der Waals surface area (Å²) in [5.74, 6) is 0.720. The van der Waals surface area contributed by atoms with Crippen LogP contribution in [-0.4, -0.2) is 23.2 Å². The van der Waals surface area contributed by atoms with Crippen molar-refractivity contribution in [3.05, 3.63) is 60.2 Å². The van der Waals surface area contributed by atoms with E-state index in [4.69, 9.17) is 9.26 Å². The topological polar surface area (TPSA) is 77.2 Å². The first-order chi connectivity index (χ1) is 12.1. The summed E-state index contributed by atoms with van der Waals surface area (Å²) in [7, 11) is 1.56. The molecule has 1 aromatic heterocycles. The molecule has 3 aromatic rings. The Kier molecular flexibility index (Phi) is 5.03. The highest BCUT2D eigenvalue weighted by Crippen LogP contribution is 2.18. The second kappa shape index (κ2) is 7.57. The summed E-state index contributed by atoms with van der Waals surface area (Å²) in [6.07, 6.45) is 0.472. The minimum atomic E-state index is -0.374. The van der Waals surface area contributed by atoms with Crippen LogP contribution < -0.4 is 10.1 Å². The molecule has 0 atom stereocenters. The van der Waals surface area contributed by atoms with Crippen LogP contribution in [0.4, 0.5) is 10.1 Å². The van der Waals surface area contributed by atoms with Crippen molar-refractivity contribution < 1.29 is 18.4 Å². The molecular weight excluding hydrogens is 325 g/mol. The van der Waals surface area contributed by atoms with Gasteiger partial charge in [0.1, 0.15) is 11.6 Å². The van der Waals surface area contributed by atoms with E-state index >= 15 is 0 Å². The van der Waals surface area contributed by atoms with Gasteiger partial charge in [-0.3, -0.25) is 4.79 Å². The molecule has 6 nitrogen and oxygen atoms in total. The number of nitrogens with zero attached hydrogens (tertiary/aromatic N) is 2. The molecular formula is C18H16FN3O3. The molecule has 0 saturated carbocycles. The first kappa shape index (κ1) is 16.6. The average Bonchev–Trinajstić information content (AvgIpc) is 3.09. The van der Waals surface area contributed by atoms with E-state index in [-0.39, 0.29) is 24.6 Å². The summed E-state index contributed by atoms with van der Waals surface area (Å²) in [6, 6.07) is 13.0. The molecule has 0 aliphatic heterocycles. The molecule has 0 aliphatic carbocycles. The van der Waals surface area contributed by atoms with Gasteiger partial charge in [-0.15, -0.1) is 0 Å². The van der Waals surface area contributed by atoms with Crippen LogP contribution in [0.5, 0.6) is 5.75 Å². The number of halogens is 1. The van der Waals surface area contributed by atoms with Gasteiger partial charge in [-0.25, -0.2) is 4.39 Å². The molecule has 25 heavy (non-hydrogen) atoms. The fourth-order valence-corrected chi connectivity index (χ4v) is 2.25. The van der Waals surface area contributed by atoms with Gasteiger partial charge in [0.15, 0.2) is 0 Å². The molecule has 0 aliphatic rings. The number of hydrogen-bond donors (Lipinski definition) is 1. The lowest BCUT2D eigenvalue weighted by Gasteiger charge is -2.06. The van der Waals surface area contributed by atoms with E-state index in [1.165, 1.54) is 12.1 Å². The highest BCUT2D eigenvalue weighted by atomic mass is 19.1. The number of anilines is 1. The number of carbonyl (C=O) groups is 1. The number of hydrogen-bond acceptors (Lipinski definition) is 5. The molecule has 1 heterocycles. The third-order valence-electron chi connectivity index (χ3n) is 3.47. The zero-order chi connectivity index (χ0) is 17.6. The van der Waals surface area contributed by atoms with E-state index in [2.05, 4.69) is 15.5 Å². The van der Waals surface area contributed by atoms with E-state index in [1.807, 2.05) is 0 Å². The SMILES string of the molecule is COc1cccc(NC(=O)CCc2nc(-c3cccc(F)c3)no2)c1. The molecule has 1 N–H and O–H groups in total. The largest absolute Gasteiger partial charge is 0.497 e. The van der Waals surface area contributed by atoms with Crippen molar-refractivity contribution in [3.8, 4) is 17.1 Å². The Morgan fingerprint density at radius 1 is 1.24 bits per heavy atom. The van der Waals surface area contributed by atoms with Crippen LogP contribution in [0, 0.1) is 5.82 Å². The minimum absolute atomic E-state index is 0.182. The molecule has 0 unspecified atom stereocenters. The first-order valence-electron chi connectivity index (χ1n) is 7.66. The average molecular weight is 341 g/mol. The van der Waals surface area contributed by atoms with E-state index in [0.717, 1.165) is 0 Å². The fourth-order valence-electron chi connectivity index (χ4n) is 2.25. The summed E-state index contributed by atoms with van der Waals surface area (Å²) in [6.45, 7) is 0. The Hall–Kier alpha value is -3.22. The van der Waals surface area contributed by atoms with E-state index in [1.54, 1.807) is 43.5 Å². The summed E-state index contributed by atoms with van der Waals surface area (Å²) in [5, 5.41) is 6.59. The van der Waals surface area contributed by atoms with Gasteiger partial charge in [-0.05, 0) is 24.3 Å². The Bertz CT molecular complexity index is 879. The third-order valence-corrected chi connectivity index (χ3v) is 3.47. The van der Waals surface area contributed by atoms with Crippen molar-refractivity contribution in [1.82, 2.24) is 10.1 Å². The Morgan fingerprint density at radius 3 is 2.88 bits per heavy atom. The molecule has 0 fully saturated rings. The lowest BCUT2D eigenvalue weighted by molar-refractivity contribution is -0.116. The number of benzene rings is 2. The number of carbonyl (C=O) groups excluding carboxylic acids is 1. The van der Waals surface area contributed by atoms with Crippen molar-refractivity contribution in [3.63, 3.8) is 0 Å². The lowest BCUT2D eigenvalue weighted by Crippen LogP contribution is -2.12. The van der Waals surface area contributed by atoms with Crippen molar-refractivity contribution in [2.75, 3.05) is 12.4 Å². The highest BCUT2D eigenvalue weighted by Gasteiger charge is 2.11. The molecule has 128 valence electrons. The minimum Gasteiger partial charge on any atom is -0.497 e. The van der Waals surface area contributed by atoms with Crippen molar-refractivity contribution in [2.24, 2.45) is 0 Å². The number of amides is 1. The number of aromatic nitrogens is 2. The Labute approximate surface area is 143 Å². The number of methoxy groups -OCH3 is 1. The van der Waals surface area contributed by atoms with Gasteiger partial charge < -0.3 is 14.6 Å². The predicted octanol–water partition coefficient (Wildman–Crippen LogP) is 3.46. The zero-order valence-electron chi connectivity index (χ0n) is 13.5. The molecule has 0 bridgehead atoms. The maximum absolute atomic E-state index is 13.2. The Morgan fingerprint density at radius 2 is 2.08 bits per heavy atom. The molecule has 0 saturated heterocycles. The van der Waals surface area contributed by atoms with Gasteiger partial charge in [0, 0.05) is 30.2 Å². The van der Waals surface area contributed by atoms with Crippen LogP contribution >= 0.6 is 0 Å². The third kappa shape index (κ3) is 4.41. The second-order valence-corrected chi connectivity index (χ2v) is 5.30. The highest BCUT2D eigenvalue weighted by molar-refractivity contribution is 5.90. The van der Waals surface area contributed by atoms with Gasteiger partial charge >= 0.3 is 0 Å². The second-order valence-electron chi connectivity index (χ2n) is 5.30. The standard InChI is InChI=1S/C18H16FN3O3/c1-24-15-7-3-6-14(11-15)20-16(23)8-9-17-21-18(22-25-17)12-4-2-5-13(19)10-12/h2-7,10-11H,8-9H2,1H3,(H,20,23). The van der Waals surface area contributed by atoms with Gasteiger partial charge in [-0.2, -0.15) is 4.98 Å². The van der Waals surface area contributed by atoms with Crippen LogP contribution in [0.3, 0.4) is 0 Å². The van der Waals surface area contributed by atoms with Gasteiger partial charge in [0.05, 0.1) is 7.11 Å². The van der Waals surface area contributed by atoms with Crippen molar-refractivity contribution in [1.29, 1.82) is 0 Å². The molecule has 3 rings (SSSR count). The Balaban J connectivity index is 1.57. The summed E-state index contributed by atoms with van der Waals surface area (Å²) in [5.41, 5.74) is 1.17. The number of rotatable bonds is 6. The zero-order valence-corrected chi connectivity index (χ0v) is 13.5. The first-order valence-corrected chi connectivity index (χ1v) is 7.66. The summed E-state index contributed by atoms with van der Waals surface area (Å²) in [4.78, 5) is 16.2. The maximum atomic E-state index is 13.2. The number of nitrogens with one attached hydrogen (secondary N) is 1. The molecule has 0 spiro atoms. The quantitative estimate of drug-likeness (QED) is 0.743. The van der Waals surface area contributed by atoms with Crippen LogP contribution in [0.1, 0.15) is 12.3 Å². The molecule has 0 radical (unpaired) electrons. The summed E-state index contributed by atoms with van der Waals surface area (Å²) >= 11 is 0. The smallest absolute Gasteiger partial charge is 0.227 e. The van der Waals surface area contributed by atoms with Crippen LogP contribution in [0.2, 0.25) is 0 Å². The maximum Gasteiger partial charge on any atom is 0.227 e. The van der Waals surface area contributed by atoms with E-state index in [0.29, 0.717) is 28.7 Å². The van der Waals surface area contributed by atoms with Gasteiger partial charge in [-0.1, -0.05) is 23.4 Å². The summed E-state index contributed by atoms with van der Waals surface area (Å²) < 4.78 is 23.4. The van der Waals surface area contributed by atoms with Crippen LogP contribution in [0.15, 0.2) is 53.1 Å². The molecule has 1 amide bonds. The number of aryl methyl sites for hydroxylation is 1. The lowest BCUT2D eigenvalue weighted by atomic mass is 10.2.